The third kappa shape index (κ3) is 6.07. The number of rotatable bonds is 9. The predicted octanol–water partition coefficient (Wildman–Crippen LogP) is 5.62. The molecule has 6 aromatic rings. The number of pyridine rings is 1. The highest BCUT2D eigenvalue weighted by molar-refractivity contribution is 5.80. The Morgan fingerprint density at radius 2 is 1.31 bits per heavy atom. The summed E-state index contributed by atoms with van der Waals surface area (Å²) in [6, 6.07) is 39.6. The first kappa shape index (κ1) is 28.8. The van der Waals surface area contributed by atoms with Gasteiger partial charge in [0.25, 0.3) is 5.56 Å². The molecule has 1 N–H and O–H groups in total. The van der Waals surface area contributed by atoms with Gasteiger partial charge in [0.15, 0.2) is 5.82 Å². The Morgan fingerprint density at radius 1 is 0.711 bits per heavy atom. The first-order valence-electron chi connectivity index (χ1n) is 15.7. The van der Waals surface area contributed by atoms with E-state index in [0.29, 0.717) is 17.9 Å². The molecule has 3 heterocycles. The van der Waals surface area contributed by atoms with Crippen LogP contribution in [0.25, 0.3) is 10.9 Å². The number of piperazine rings is 1. The maximum Gasteiger partial charge on any atom is 0.253 e. The molecule has 1 saturated heterocycles. The van der Waals surface area contributed by atoms with Crippen molar-refractivity contribution in [1.29, 1.82) is 0 Å². The molecule has 0 unspecified atom stereocenters. The van der Waals surface area contributed by atoms with Gasteiger partial charge in [0.2, 0.25) is 0 Å². The number of hydrogen-bond donors (Lipinski definition) is 1. The van der Waals surface area contributed by atoms with Crippen molar-refractivity contribution in [2.75, 3.05) is 26.2 Å². The molecule has 1 atom stereocenters. The lowest BCUT2D eigenvalue weighted by Crippen LogP contribution is -2.50. The third-order valence-corrected chi connectivity index (χ3v) is 8.93. The van der Waals surface area contributed by atoms with Crippen LogP contribution in [-0.2, 0) is 13.0 Å². The molecule has 1 aliphatic rings. The quantitative estimate of drug-likeness (QED) is 0.234. The van der Waals surface area contributed by atoms with Crippen LogP contribution in [0.4, 0.5) is 0 Å². The maximum absolute atomic E-state index is 13.8. The van der Waals surface area contributed by atoms with Gasteiger partial charge in [-0.25, -0.2) is 4.68 Å². The van der Waals surface area contributed by atoms with Gasteiger partial charge in [-0.05, 0) is 62.7 Å². The molecule has 8 heteroatoms. The smallest absolute Gasteiger partial charge is 0.253 e. The summed E-state index contributed by atoms with van der Waals surface area (Å²) in [4.78, 5) is 21.9. The Bertz CT molecular complexity index is 1870. The van der Waals surface area contributed by atoms with E-state index in [1.807, 2.05) is 35.0 Å². The molecule has 226 valence electrons. The topological polar surface area (TPSA) is 82.9 Å². The van der Waals surface area contributed by atoms with Crippen LogP contribution in [-0.4, -0.2) is 61.2 Å². The van der Waals surface area contributed by atoms with Crippen molar-refractivity contribution < 1.29 is 0 Å². The Balaban J connectivity index is 1.26. The molecule has 0 spiro atoms. The predicted molar refractivity (Wildman–Crippen MR) is 177 cm³/mol. The monoisotopic (exact) mass is 595 g/mol. The van der Waals surface area contributed by atoms with Crippen LogP contribution >= 0.6 is 0 Å². The Labute approximate surface area is 263 Å². The van der Waals surface area contributed by atoms with Crippen LogP contribution in [0.1, 0.15) is 52.6 Å². The number of nitrogens with one attached hydrogen (secondary N) is 1. The largest absolute Gasteiger partial charge is 0.322 e. The molecule has 0 radical (unpaired) electrons. The van der Waals surface area contributed by atoms with Crippen LogP contribution in [0.5, 0.6) is 0 Å². The number of tetrazole rings is 1. The first-order valence-corrected chi connectivity index (χ1v) is 15.7. The van der Waals surface area contributed by atoms with Gasteiger partial charge in [-0.3, -0.25) is 14.6 Å². The minimum Gasteiger partial charge on any atom is -0.322 e. The van der Waals surface area contributed by atoms with Crippen molar-refractivity contribution in [2.45, 2.75) is 32.0 Å². The number of aromatic nitrogens is 5. The van der Waals surface area contributed by atoms with E-state index in [1.165, 1.54) is 16.7 Å². The average molecular weight is 596 g/mol. The van der Waals surface area contributed by atoms with Gasteiger partial charge in [0, 0.05) is 37.3 Å². The van der Waals surface area contributed by atoms with E-state index < -0.39 is 6.04 Å². The zero-order chi connectivity index (χ0) is 30.6. The van der Waals surface area contributed by atoms with Crippen molar-refractivity contribution in [2.24, 2.45) is 0 Å². The van der Waals surface area contributed by atoms with Gasteiger partial charge < -0.3 is 4.98 Å². The lowest BCUT2D eigenvalue weighted by Gasteiger charge is -2.42. The lowest BCUT2D eigenvalue weighted by atomic mass is 9.96. The Hall–Kier alpha value is -4.92. The van der Waals surface area contributed by atoms with Crippen molar-refractivity contribution in [3.8, 4) is 0 Å². The van der Waals surface area contributed by atoms with Crippen molar-refractivity contribution in [3.63, 3.8) is 0 Å². The van der Waals surface area contributed by atoms with Crippen LogP contribution in [0.3, 0.4) is 0 Å². The summed E-state index contributed by atoms with van der Waals surface area (Å²) in [7, 11) is 0. The SMILES string of the molecule is CCc1ccc2[nH]c(=O)c([C@H](c3nnnn3Cc3ccccc3)N3CCN(C(c4ccccc4)c4ccccc4)CC3)cc2c1. The second-order valence-corrected chi connectivity index (χ2v) is 11.7. The fourth-order valence-electron chi connectivity index (χ4n) is 6.61. The summed E-state index contributed by atoms with van der Waals surface area (Å²) in [5.74, 6) is 0.673. The van der Waals surface area contributed by atoms with Gasteiger partial charge >= 0.3 is 0 Å². The van der Waals surface area contributed by atoms with Crippen LogP contribution < -0.4 is 5.56 Å². The fraction of sp³-hybridized carbons (Fsp3) is 0.243. The number of aryl methyl sites for hydroxylation is 1. The van der Waals surface area contributed by atoms with E-state index in [-0.39, 0.29) is 11.6 Å². The van der Waals surface area contributed by atoms with Crippen LogP contribution in [0.2, 0.25) is 0 Å². The molecule has 4 aromatic carbocycles. The number of fused-ring (bicyclic) bond motifs is 1. The summed E-state index contributed by atoms with van der Waals surface area (Å²) in [6.07, 6.45) is 0.926. The van der Waals surface area contributed by atoms with Crippen molar-refractivity contribution >= 4 is 10.9 Å². The van der Waals surface area contributed by atoms with Crippen molar-refractivity contribution in [1.82, 2.24) is 35.0 Å². The lowest BCUT2D eigenvalue weighted by molar-refractivity contribution is 0.0857. The van der Waals surface area contributed by atoms with E-state index in [1.54, 1.807) is 0 Å². The summed E-state index contributed by atoms with van der Waals surface area (Å²) < 4.78 is 1.84. The molecule has 8 nitrogen and oxygen atoms in total. The van der Waals surface area contributed by atoms with E-state index in [2.05, 4.69) is 122 Å². The van der Waals surface area contributed by atoms with E-state index in [0.717, 1.165) is 49.1 Å². The highest BCUT2D eigenvalue weighted by atomic mass is 16.1. The van der Waals surface area contributed by atoms with E-state index in [4.69, 9.17) is 0 Å². The molecule has 0 bridgehead atoms. The number of nitrogens with zero attached hydrogens (tertiary/aromatic N) is 6. The summed E-state index contributed by atoms with van der Waals surface area (Å²) in [5, 5.41) is 14.1. The Morgan fingerprint density at radius 3 is 1.93 bits per heavy atom. The zero-order valence-electron chi connectivity index (χ0n) is 25.5. The van der Waals surface area contributed by atoms with Gasteiger partial charge in [-0.1, -0.05) is 104 Å². The molecular weight excluding hydrogens is 558 g/mol. The summed E-state index contributed by atoms with van der Waals surface area (Å²) in [6.45, 7) is 5.84. The highest BCUT2D eigenvalue weighted by Gasteiger charge is 2.34. The number of H-pyrrole nitrogens is 1. The number of hydrogen-bond acceptors (Lipinski definition) is 6. The molecule has 0 saturated carbocycles. The maximum atomic E-state index is 13.8. The molecule has 7 rings (SSSR count). The fourth-order valence-corrected chi connectivity index (χ4v) is 6.61. The molecular formula is C37H37N7O. The average Bonchev–Trinajstić information content (AvgIpc) is 3.54. The third-order valence-electron chi connectivity index (χ3n) is 8.93. The minimum atomic E-state index is -0.406. The van der Waals surface area contributed by atoms with Gasteiger partial charge in [-0.15, -0.1) is 5.10 Å². The first-order chi connectivity index (χ1) is 22.2. The minimum absolute atomic E-state index is 0.111. The standard InChI is InChI=1S/C37H37N7O/c1-2-27-18-19-33-31(24-27)25-32(37(45)38-33)35(36-39-40-41-44(36)26-28-12-6-3-7-13-28)43-22-20-42(21-23-43)34(29-14-8-4-9-15-29)30-16-10-5-11-17-30/h3-19,24-25,34-35H,2,20-23,26H2,1H3,(H,38,45)/t35-/m1/s1. The molecule has 2 aromatic heterocycles. The van der Waals surface area contributed by atoms with Crippen molar-refractivity contribution in [3.05, 3.63) is 159 Å². The van der Waals surface area contributed by atoms with Gasteiger partial charge in [-0.2, -0.15) is 0 Å². The molecule has 1 aliphatic heterocycles. The van der Waals surface area contributed by atoms with Gasteiger partial charge in [0.1, 0.15) is 6.04 Å². The van der Waals surface area contributed by atoms with Crippen LogP contribution in [0.15, 0.2) is 120 Å². The second-order valence-electron chi connectivity index (χ2n) is 11.7. The number of aromatic amines is 1. The molecule has 1 fully saturated rings. The zero-order valence-corrected chi connectivity index (χ0v) is 25.5. The molecule has 0 aliphatic carbocycles. The normalized spacial score (nSPS) is 15.1. The second kappa shape index (κ2) is 13.0. The molecule has 45 heavy (non-hydrogen) atoms. The highest BCUT2D eigenvalue weighted by Crippen LogP contribution is 2.33. The van der Waals surface area contributed by atoms with E-state index in [9.17, 15) is 4.79 Å². The van der Waals surface area contributed by atoms with Gasteiger partial charge in [0.05, 0.1) is 12.6 Å². The summed E-state index contributed by atoms with van der Waals surface area (Å²) >= 11 is 0. The van der Waals surface area contributed by atoms with Crippen LogP contribution in [0, 0.1) is 0 Å². The summed E-state index contributed by atoms with van der Waals surface area (Å²) in [5.41, 5.74) is 6.27. The Kier molecular flexibility index (Phi) is 8.31. The number of benzene rings is 4. The molecule has 0 amide bonds. The van der Waals surface area contributed by atoms with E-state index >= 15 is 0 Å².